The highest BCUT2D eigenvalue weighted by atomic mass is 19.1. The van der Waals surface area contributed by atoms with Crippen molar-refractivity contribution in [1.82, 2.24) is 20.3 Å². The summed E-state index contributed by atoms with van der Waals surface area (Å²) in [6.45, 7) is 3.47. The summed E-state index contributed by atoms with van der Waals surface area (Å²) in [7, 11) is 0. The molecule has 1 fully saturated rings. The van der Waals surface area contributed by atoms with Crippen molar-refractivity contribution in [2.45, 2.75) is 0 Å². The third-order valence-electron chi connectivity index (χ3n) is 3.86. The second kappa shape index (κ2) is 5.47. The van der Waals surface area contributed by atoms with Crippen LogP contribution in [0.25, 0.3) is 22.2 Å². The van der Waals surface area contributed by atoms with E-state index in [1.54, 1.807) is 12.4 Å². The van der Waals surface area contributed by atoms with Crippen LogP contribution < -0.4 is 16.0 Å². The van der Waals surface area contributed by atoms with Gasteiger partial charge in [-0.3, -0.25) is 4.98 Å². The van der Waals surface area contributed by atoms with Crippen LogP contribution in [0.4, 0.5) is 10.3 Å². The van der Waals surface area contributed by atoms with E-state index in [1.807, 2.05) is 0 Å². The third kappa shape index (κ3) is 2.57. The van der Waals surface area contributed by atoms with Gasteiger partial charge in [0.05, 0.1) is 5.52 Å². The van der Waals surface area contributed by atoms with Crippen molar-refractivity contribution in [3.8, 4) is 11.1 Å². The van der Waals surface area contributed by atoms with Gasteiger partial charge in [-0.15, -0.1) is 0 Å². The zero-order valence-electron chi connectivity index (χ0n) is 12.2. The van der Waals surface area contributed by atoms with Gasteiger partial charge in [0.25, 0.3) is 0 Å². The average Bonchev–Trinajstić information content (AvgIpc) is 2.94. The topological polar surface area (TPSA) is 87.0 Å². The van der Waals surface area contributed by atoms with Crippen molar-refractivity contribution < 1.29 is 8.81 Å². The van der Waals surface area contributed by atoms with E-state index in [0.29, 0.717) is 28.2 Å². The fourth-order valence-corrected chi connectivity index (χ4v) is 2.68. The number of halogens is 1. The number of rotatable bonds is 2. The summed E-state index contributed by atoms with van der Waals surface area (Å²) in [6, 6.07) is 2.71. The van der Waals surface area contributed by atoms with Gasteiger partial charge in [0.2, 0.25) is 5.95 Å². The number of piperazine rings is 1. The van der Waals surface area contributed by atoms with Crippen molar-refractivity contribution in [1.29, 1.82) is 0 Å². The number of nitrogens with zero attached hydrogens (tertiary/aromatic N) is 3. The molecule has 0 spiro atoms. The van der Waals surface area contributed by atoms with Gasteiger partial charge in [0.1, 0.15) is 5.82 Å². The van der Waals surface area contributed by atoms with Gasteiger partial charge < -0.3 is 14.6 Å². The van der Waals surface area contributed by atoms with Crippen LogP contribution in [0.2, 0.25) is 0 Å². The molecule has 0 unspecified atom stereocenters. The minimum atomic E-state index is -0.609. The van der Waals surface area contributed by atoms with E-state index in [4.69, 9.17) is 4.42 Å². The lowest BCUT2D eigenvalue weighted by Gasteiger charge is -2.27. The Morgan fingerprint density at radius 2 is 1.91 bits per heavy atom. The molecule has 1 saturated heterocycles. The molecule has 3 aromatic rings. The van der Waals surface area contributed by atoms with Crippen molar-refractivity contribution in [2.24, 2.45) is 0 Å². The highest BCUT2D eigenvalue weighted by Gasteiger charge is 2.15. The highest BCUT2D eigenvalue weighted by molar-refractivity contribution is 5.80. The number of hydrogen-bond donors (Lipinski definition) is 2. The average molecular weight is 315 g/mol. The van der Waals surface area contributed by atoms with Gasteiger partial charge in [-0.05, 0) is 6.07 Å². The zero-order valence-corrected chi connectivity index (χ0v) is 12.2. The Balaban J connectivity index is 1.69. The van der Waals surface area contributed by atoms with Crippen molar-refractivity contribution in [2.75, 3.05) is 31.1 Å². The lowest BCUT2D eigenvalue weighted by Crippen LogP contribution is -2.44. The second-order valence-electron chi connectivity index (χ2n) is 5.35. The largest absolute Gasteiger partial charge is 0.417 e. The van der Waals surface area contributed by atoms with E-state index in [9.17, 15) is 9.18 Å². The molecule has 0 radical (unpaired) electrons. The Morgan fingerprint density at radius 1 is 1.17 bits per heavy atom. The molecule has 8 heteroatoms. The van der Waals surface area contributed by atoms with Crippen LogP contribution in [0.5, 0.6) is 0 Å². The van der Waals surface area contributed by atoms with E-state index < -0.39 is 11.6 Å². The summed E-state index contributed by atoms with van der Waals surface area (Å²) >= 11 is 0. The maximum absolute atomic E-state index is 14.2. The van der Waals surface area contributed by atoms with Crippen LogP contribution >= 0.6 is 0 Å². The quantitative estimate of drug-likeness (QED) is 0.737. The minimum Gasteiger partial charge on any atom is -0.408 e. The molecular weight excluding hydrogens is 301 g/mol. The molecule has 118 valence electrons. The molecule has 2 aromatic heterocycles. The first kappa shape index (κ1) is 13.9. The van der Waals surface area contributed by atoms with Gasteiger partial charge in [0.15, 0.2) is 5.58 Å². The molecule has 23 heavy (non-hydrogen) atoms. The number of benzene rings is 1. The van der Waals surface area contributed by atoms with E-state index in [1.165, 1.54) is 12.1 Å². The van der Waals surface area contributed by atoms with Crippen molar-refractivity contribution >= 4 is 17.0 Å². The van der Waals surface area contributed by atoms with Crippen LogP contribution in [0.15, 0.2) is 33.7 Å². The highest BCUT2D eigenvalue weighted by Crippen LogP contribution is 2.26. The van der Waals surface area contributed by atoms with E-state index >= 15 is 0 Å². The Kier molecular flexibility index (Phi) is 3.30. The number of hydrogen-bond acceptors (Lipinski definition) is 6. The molecule has 7 nitrogen and oxygen atoms in total. The van der Waals surface area contributed by atoms with Crippen molar-refractivity contribution in [3.05, 3.63) is 40.9 Å². The van der Waals surface area contributed by atoms with Crippen molar-refractivity contribution in [3.63, 3.8) is 0 Å². The van der Waals surface area contributed by atoms with Gasteiger partial charge in [-0.2, -0.15) is 0 Å². The molecule has 4 rings (SSSR count). The Labute approximate surface area is 130 Å². The lowest BCUT2D eigenvalue weighted by atomic mass is 10.1. The molecule has 0 amide bonds. The predicted molar refractivity (Wildman–Crippen MR) is 82.9 cm³/mol. The van der Waals surface area contributed by atoms with E-state index in [0.717, 1.165) is 26.2 Å². The molecule has 3 heterocycles. The predicted octanol–water partition coefficient (Wildman–Crippen LogP) is 1.13. The number of aromatic amines is 1. The molecular formula is C15H14FN5O2. The lowest BCUT2D eigenvalue weighted by molar-refractivity contribution is 0.555. The normalized spacial score (nSPS) is 15.3. The fraction of sp³-hybridized carbons (Fsp3) is 0.267. The maximum atomic E-state index is 14.2. The number of nitrogens with one attached hydrogen (secondary N) is 2. The summed E-state index contributed by atoms with van der Waals surface area (Å²) in [6.07, 6.45) is 3.17. The molecule has 1 aliphatic rings. The van der Waals surface area contributed by atoms with Gasteiger partial charge >= 0.3 is 5.76 Å². The second-order valence-corrected chi connectivity index (χ2v) is 5.35. The molecule has 0 atom stereocenters. The molecule has 0 saturated carbocycles. The fourth-order valence-electron chi connectivity index (χ4n) is 2.68. The molecule has 1 aliphatic heterocycles. The Bertz CT molecular complexity index is 896. The van der Waals surface area contributed by atoms with Gasteiger partial charge in [-0.1, -0.05) is 0 Å². The number of anilines is 1. The Morgan fingerprint density at radius 3 is 2.65 bits per heavy atom. The Hall–Kier alpha value is -2.74. The monoisotopic (exact) mass is 315 g/mol. The van der Waals surface area contributed by atoms with Crippen LogP contribution in [-0.4, -0.2) is 41.1 Å². The first-order valence-electron chi connectivity index (χ1n) is 7.31. The molecule has 0 aliphatic carbocycles. The third-order valence-corrected chi connectivity index (χ3v) is 3.86. The molecule has 0 bridgehead atoms. The van der Waals surface area contributed by atoms with Gasteiger partial charge in [0, 0.05) is 55.8 Å². The minimum absolute atomic E-state index is 0.298. The first-order valence-corrected chi connectivity index (χ1v) is 7.31. The number of oxazole rings is 1. The van der Waals surface area contributed by atoms with E-state index in [-0.39, 0.29) is 0 Å². The zero-order chi connectivity index (χ0) is 15.8. The van der Waals surface area contributed by atoms with E-state index in [2.05, 4.69) is 25.2 Å². The summed E-state index contributed by atoms with van der Waals surface area (Å²) in [4.78, 5) is 24.3. The van der Waals surface area contributed by atoms with Crippen LogP contribution in [-0.2, 0) is 0 Å². The number of H-pyrrole nitrogens is 1. The first-order chi connectivity index (χ1) is 11.2. The number of fused-ring (bicyclic) bond motifs is 1. The summed E-state index contributed by atoms with van der Waals surface area (Å²) in [5.74, 6) is -0.445. The molecule has 1 aromatic carbocycles. The maximum Gasteiger partial charge on any atom is 0.417 e. The summed E-state index contributed by atoms with van der Waals surface area (Å²) in [5, 5.41) is 3.26. The van der Waals surface area contributed by atoms with Crippen LogP contribution in [0.3, 0.4) is 0 Å². The summed E-state index contributed by atoms with van der Waals surface area (Å²) < 4.78 is 19.2. The smallest absolute Gasteiger partial charge is 0.408 e. The van der Waals surface area contributed by atoms with Crippen LogP contribution in [0.1, 0.15) is 0 Å². The number of aromatic nitrogens is 3. The van der Waals surface area contributed by atoms with Crippen LogP contribution in [0, 0.1) is 5.82 Å². The molecule has 2 N–H and O–H groups in total. The SMILES string of the molecule is O=c1[nH]c2cc(F)c(-c3cnc(N4CCNCC4)nc3)cc2o1. The summed E-state index contributed by atoms with van der Waals surface area (Å²) in [5.41, 5.74) is 1.46. The standard InChI is InChI=1S/C15H14FN5O2/c16-11-6-12-13(23-15(22)20-12)5-10(11)9-7-18-14(19-8-9)21-3-1-17-2-4-21/h5-8,17H,1-4H2,(H,20,22). The van der Waals surface area contributed by atoms with Gasteiger partial charge in [-0.25, -0.2) is 19.2 Å².